The molecule has 1 aromatic carbocycles. The predicted molar refractivity (Wildman–Crippen MR) is 93.3 cm³/mol. The molecule has 4 nitrogen and oxygen atoms in total. The van der Waals surface area contributed by atoms with Crippen molar-refractivity contribution in [1.82, 2.24) is 9.47 Å². The number of rotatable bonds is 4. The van der Waals surface area contributed by atoms with Gasteiger partial charge in [-0.2, -0.15) is 0 Å². The fourth-order valence-corrected chi connectivity index (χ4v) is 3.47. The van der Waals surface area contributed by atoms with Crippen molar-refractivity contribution < 1.29 is 14.0 Å². The lowest BCUT2D eigenvalue weighted by Gasteiger charge is -2.19. The van der Waals surface area contributed by atoms with Crippen LogP contribution in [0.15, 0.2) is 47.5 Å². The molecule has 1 aromatic heterocycles. The summed E-state index contributed by atoms with van der Waals surface area (Å²) in [4.78, 5) is 26.2. The summed E-state index contributed by atoms with van der Waals surface area (Å²) in [7, 11) is 0. The van der Waals surface area contributed by atoms with Gasteiger partial charge in [-0.15, -0.1) is 0 Å². The number of benzene rings is 1. The van der Waals surface area contributed by atoms with E-state index < -0.39 is 0 Å². The minimum atomic E-state index is -0.351. The van der Waals surface area contributed by atoms with E-state index in [0.717, 1.165) is 11.8 Å². The molecule has 0 spiro atoms. The zero-order valence-electron chi connectivity index (χ0n) is 13.4. The highest BCUT2D eigenvalue weighted by molar-refractivity contribution is 8.18. The molecular formula is C18H17FN2O2S. The van der Waals surface area contributed by atoms with Gasteiger partial charge in [0.2, 0.25) is 0 Å². The Morgan fingerprint density at radius 2 is 1.96 bits per heavy atom. The normalized spacial score (nSPS) is 17.8. The van der Waals surface area contributed by atoms with Crippen molar-refractivity contribution in [2.45, 2.75) is 26.3 Å². The standard InChI is InChI=1S/C18H17FN2O2S/c1-3-12(2)21-17(22)16(24-18(21)23)11-13-7-6-10-20(13)15-9-5-4-8-14(15)19/h4-12H,3H2,1-2H3/b16-11+. The molecule has 3 rings (SSSR count). The smallest absolute Gasteiger partial charge is 0.293 e. The van der Waals surface area contributed by atoms with Crippen LogP contribution in [0.2, 0.25) is 0 Å². The molecule has 24 heavy (non-hydrogen) atoms. The number of thioether (sulfide) groups is 1. The Bertz CT molecular complexity index is 828. The number of imide groups is 1. The zero-order valence-corrected chi connectivity index (χ0v) is 14.2. The summed E-state index contributed by atoms with van der Waals surface area (Å²) in [5, 5.41) is -0.260. The second kappa shape index (κ2) is 6.65. The number of aromatic nitrogens is 1. The molecule has 1 unspecified atom stereocenters. The van der Waals surface area contributed by atoms with Crippen molar-refractivity contribution in [3.05, 3.63) is 59.0 Å². The fourth-order valence-electron chi connectivity index (χ4n) is 2.55. The minimum absolute atomic E-state index is 0.137. The predicted octanol–water partition coefficient (Wildman–Crippen LogP) is 4.45. The maximum Gasteiger partial charge on any atom is 0.293 e. The van der Waals surface area contributed by atoms with Gasteiger partial charge in [0.05, 0.1) is 10.6 Å². The summed E-state index contributed by atoms with van der Waals surface area (Å²) in [5.41, 5.74) is 1.05. The van der Waals surface area contributed by atoms with Gasteiger partial charge in [-0.25, -0.2) is 4.39 Å². The van der Waals surface area contributed by atoms with Gasteiger partial charge in [0.25, 0.3) is 11.1 Å². The molecule has 1 aliphatic heterocycles. The van der Waals surface area contributed by atoms with Gasteiger partial charge >= 0.3 is 0 Å². The molecule has 0 aliphatic carbocycles. The van der Waals surface area contributed by atoms with Crippen LogP contribution >= 0.6 is 11.8 Å². The number of carbonyl (C=O) groups is 2. The average Bonchev–Trinajstić information content (AvgIpc) is 3.12. The monoisotopic (exact) mass is 344 g/mol. The molecule has 0 N–H and O–H groups in total. The number of halogens is 1. The second-order valence-corrected chi connectivity index (χ2v) is 6.56. The summed E-state index contributed by atoms with van der Waals surface area (Å²) in [6, 6.07) is 9.84. The number of para-hydroxylation sites is 1. The van der Waals surface area contributed by atoms with E-state index in [1.54, 1.807) is 47.2 Å². The van der Waals surface area contributed by atoms with E-state index in [2.05, 4.69) is 0 Å². The Hall–Kier alpha value is -2.34. The molecule has 6 heteroatoms. The highest BCUT2D eigenvalue weighted by atomic mass is 32.2. The van der Waals surface area contributed by atoms with Gasteiger partial charge in [-0.05, 0) is 55.4 Å². The van der Waals surface area contributed by atoms with E-state index in [0.29, 0.717) is 22.7 Å². The third kappa shape index (κ3) is 2.89. The van der Waals surface area contributed by atoms with Gasteiger partial charge in [0.15, 0.2) is 0 Å². The molecule has 1 fully saturated rings. The number of amides is 2. The topological polar surface area (TPSA) is 42.3 Å². The fraction of sp³-hybridized carbons (Fsp3) is 0.222. The van der Waals surface area contributed by atoms with E-state index in [4.69, 9.17) is 0 Å². The number of nitrogens with zero attached hydrogens (tertiary/aromatic N) is 2. The first-order valence-electron chi connectivity index (χ1n) is 7.72. The minimum Gasteiger partial charge on any atom is -0.314 e. The lowest BCUT2D eigenvalue weighted by Crippen LogP contribution is -2.36. The van der Waals surface area contributed by atoms with Crippen LogP contribution in [-0.4, -0.2) is 26.7 Å². The molecule has 1 atom stereocenters. The average molecular weight is 344 g/mol. The van der Waals surface area contributed by atoms with Crippen LogP contribution in [0.4, 0.5) is 9.18 Å². The zero-order chi connectivity index (χ0) is 17.3. The van der Waals surface area contributed by atoms with Gasteiger partial charge < -0.3 is 4.57 Å². The molecular weight excluding hydrogens is 327 g/mol. The van der Waals surface area contributed by atoms with Crippen molar-refractivity contribution in [3.63, 3.8) is 0 Å². The summed E-state index contributed by atoms with van der Waals surface area (Å²) in [6.07, 6.45) is 4.07. The number of hydrogen-bond donors (Lipinski definition) is 0. The van der Waals surface area contributed by atoms with Crippen LogP contribution in [0.1, 0.15) is 26.0 Å². The molecule has 2 heterocycles. The highest BCUT2D eigenvalue weighted by Crippen LogP contribution is 2.34. The highest BCUT2D eigenvalue weighted by Gasteiger charge is 2.37. The lowest BCUT2D eigenvalue weighted by molar-refractivity contribution is -0.124. The summed E-state index contributed by atoms with van der Waals surface area (Å²) >= 11 is 0.923. The Balaban J connectivity index is 1.97. The van der Waals surface area contributed by atoms with E-state index >= 15 is 0 Å². The molecule has 0 saturated carbocycles. The van der Waals surface area contributed by atoms with Gasteiger partial charge in [-0.1, -0.05) is 19.1 Å². The summed E-state index contributed by atoms with van der Waals surface area (Å²) < 4.78 is 15.7. The van der Waals surface area contributed by atoms with Crippen molar-refractivity contribution >= 4 is 29.0 Å². The molecule has 1 saturated heterocycles. The molecule has 0 radical (unpaired) electrons. The maximum atomic E-state index is 14.0. The van der Waals surface area contributed by atoms with Gasteiger partial charge in [0, 0.05) is 17.9 Å². The first-order chi connectivity index (χ1) is 11.5. The first kappa shape index (κ1) is 16.5. The van der Waals surface area contributed by atoms with Crippen molar-refractivity contribution in [2.24, 2.45) is 0 Å². The van der Waals surface area contributed by atoms with Crippen LogP contribution < -0.4 is 0 Å². The summed E-state index contributed by atoms with van der Waals surface area (Å²) in [5.74, 6) is -0.642. The Morgan fingerprint density at radius 3 is 2.67 bits per heavy atom. The Morgan fingerprint density at radius 1 is 1.21 bits per heavy atom. The third-order valence-electron chi connectivity index (χ3n) is 4.03. The van der Waals surface area contributed by atoms with Crippen LogP contribution in [0, 0.1) is 5.82 Å². The molecule has 1 aliphatic rings. The van der Waals surface area contributed by atoms with Crippen molar-refractivity contribution in [3.8, 4) is 5.69 Å². The molecule has 2 amide bonds. The first-order valence-corrected chi connectivity index (χ1v) is 8.54. The Labute approximate surface area is 144 Å². The van der Waals surface area contributed by atoms with Crippen molar-refractivity contribution in [2.75, 3.05) is 0 Å². The summed E-state index contributed by atoms with van der Waals surface area (Å²) in [6.45, 7) is 3.78. The SMILES string of the molecule is CCC(C)N1C(=O)S/C(=C/c2cccn2-c2ccccc2F)C1=O. The molecule has 0 bridgehead atoms. The molecule has 2 aromatic rings. The quantitative estimate of drug-likeness (QED) is 0.770. The third-order valence-corrected chi connectivity index (χ3v) is 4.91. The van der Waals surface area contributed by atoms with Crippen LogP contribution in [0.25, 0.3) is 11.8 Å². The Kier molecular flexibility index (Phi) is 4.57. The van der Waals surface area contributed by atoms with E-state index in [9.17, 15) is 14.0 Å². The largest absolute Gasteiger partial charge is 0.314 e. The van der Waals surface area contributed by atoms with Crippen LogP contribution in [0.5, 0.6) is 0 Å². The number of hydrogen-bond acceptors (Lipinski definition) is 3. The maximum absolute atomic E-state index is 14.0. The molecule has 124 valence electrons. The van der Waals surface area contributed by atoms with Crippen LogP contribution in [0.3, 0.4) is 0 Å². The van der Waals surface area contributed by atoms with Crippen LogP contribution in [-0.2, 0) is 4.79 Å². The van der Waals surface area contributed by atoms with E-state index in [1.165, 1.54) is 11.0 Å². The lowest BCUT2D eigenvalue weighted by atomic mass is 10.2. The van der Waals surface area contributed by atoms with Gasteiger partial charge in [0.1, 0.15) is 5.82 Å². The van der Waals surface area contributed by atoms with E-state index in [1.807, 2.05) is 13.8 Å². The van der Waals surface area contributed by atoms with Gasteiger partial charge in [-0.3, -0.25) is 14.5 Å². The van der Waals surface area contributed by atoms with E-state index in [-0.39, 0.29) is 23.0 Å². The number of carbonyl (C=O) groups excluding carboxylic acids is 2. The van der Waals surface area contributed by atoms with Crippen molar-refractivity contribution in [1.29, 1.82) is 0 Å². The second-order valence-electron chi connectivity index (χ2n) is 5.56.